The third-order valence-corrected chi connectivity index (χ3v) is 3.08. The Balaban J connectivity index is 2.10. The number of hydrogen-bond acceptors (Lipinski definition) is 2. The number of fused-ring (bicyclic) bond motifs is 1. The fraction of sp³-hybridized carbons (Fsp3) is 0.375. The van der Waals surface area contributed by atoms with E-state index in [0.717, 1.165) is 26.2 Å². The minimum Gasteiger partial charge on any atom is -0.383 e. The summed E-state index contributed by atoms with van der Waals surface area (Å²) in [5.41, 5.74) is 2.53. The summed E-state index contributed by atoms with van der Waals surface area (Å²) < 4.78 is 7.20. The molecule has 0 radical (unpaired) electrons. The molecule has 0 aliphatic carbocycles. The van der Waals surface area contributed by atoms with Gasteiger partial charge in [0.15, 0.2) is 0 Å². The molecule has 0 bridgehead atoms. The van der Waals surface area contributed by atoms with E-state index in [2.05, 4.69) is 52.2 Å². The van der Waals surface area contributed by atoms with Gasteiger partial charge in [-0.05, 0) is 30.0 Å². The lowest BCUT2D eigenvalue weighted by molar-refractivity contribution is 0.199. The van der Waals surface area contributed by atoms with Gasteiger partial charge in [-0.2, -0.15) is 0 Å². The van der Waals surface area contributed by atoms with Crippen LogP contribution in [0, 0.1) is 11.8 Å². The minimum absolute atomic E-state index is 0.741. The second kappa shape index (κ2) is 6.98. The smallest absolute Gasteiger partial charge is 0.0837 e. The topological polar surface area (TPSA) is 26.2 Å². The van der Waals surface area contributed by atoms with Crippen molar-refractivity contribution in [1.29, 1.82) is 0 Å². The van der Waals surface area contributed by atoms with Crippen LogP contribution in [0.25, 0.3) is 10.9 Å². The van der Waals surface area contributed by atoms with Gasteiger partial charge in [0.1, 0.15) is 0 Å². The Bertz CT molecular complexity index is 590. The van der Waals surface area contributed by atoms with Crippen molar-refractivity contribution < 1.29 is 4.74 Å². The van der Waals surface area contributed by atoms with Gasteiger partial charge in [0.2, 0.25) is 0 Å². The molecule has 0 saturated heterocycles. The second-order valence-corrected chi connectivity index (χ2v) is 4.43. The van der Waals surface area contributed by atoms with Gasteiger partial charge >= 0.3 is 0 Å². The van der Waals surface area contributed by atoms with Crippen molar-refractivity contribution in [2.45, 2.75) is 20.0 Å². The summed E-state index contributed by atoms with van der Waals surface area (Å²) in [6, 6.07) is 8.69. The molecule has 1 N–H and O–H groups in total. The SMILES string of the molecule is CC#CCn1ccc2ccc(CNCCOC)cc21. The third-order valence-electron chi connectivity index (χ3n) is 3.08. The van der Waals surface area contributed by atoms with Crippen LogP contribution in [-0.2, 0) is 17.8 Å². The molecule has 19 heavy (non-hydrogen) atoms. The summed E-state index contributed by atoms with van der Waals surface area (Å²) in [6.45, 7) is 5.10. The van der Waals surface area contributed by atoms with Gasteiger partial charge in [0.05, 0.1) is 13.2 Å². The number of nitrogens with zero attached hydrogens (tertiary/aromatic N) is 1. The number of nitrogens with one attached hydrogen (secondary N) is 1. The molecule has 1 heterocycles. The maximum absolute atomic E-state index is 5.02. The van der Waals surface area contributed by atoms with Crippen molar-refractivity contribution in [1.82, 2.24) is 9.88 Å². The predicted molar refractivity (Wildman–Crippen MR) is 79.0 cm³/mol. The summed E-state index contributed by atoms with van der Waals surface area (Å²) in [5, 5.41) is 4.62. The molecule has 0 saturated carbocycles. The highest BCUT2D eigenvalue weighted by atomic mass is 16.5. The van der Waals surface area contributed by atoms with Crippen LogP contribution >= 0.6 is 0 Å². The van der Waals surface area contributed by atoms with Crippen molar-refractivity contribution >= 4 is 10.9 Å². The molecule has 3 nitrogen and oxygen atoms in total. The number of ether oxygens (including phenoxy) is 1. The second-order valence-electron chi connectivity index (χ2n) is 4.43. The fourth-order valence-corrected chi connectivity index (χ4v) is 2.05. The number of hydrogen-bond donors (Lipinski definition) is 1. The lowest BCUT2D eigenvalue weighted by atomic mass is 10.1. The molecule has 3 heteroatoms. The molecular formula is C16H20N2O. The van der Waals surface area contributed by atoms with E-state index in [4.69, 9.17) is 4.74 Å². The Morgan fingerprint density at radius 1 is 1.32 bits per heavy atom. The highest BCUT2D eigenvalue weighted by Gasteiger charge is 2.01. The molecule has 0 amide bonds. The highest BCUT2D eigenvalue weighted by Crippen LogP contribution is 2.17. The number of aromatic nitrogens is 1. The molecule has 0 atom stereocenters. The molecular weight excluding hydrogens is 236 g/mol. The van der Waals surface area contributed by atoms with E-state index in [9.17, 15) is 0 Å². The molecule has 0 unspecified atom stereocenters. The molecule has 0 spiro atoms. The molecule has 0 aliphatic heterocycles. The normalized spacial score (nSPS) is 10.4. The van der Waals surface area contributed by atoms with Crippen molar-refractivity contribution in [3.05, 3.63) is 36.0 Å². The average molecular weight is 256 g/mol. The molecule has 1 aromatic heterocycles. The maximum Gasteiger partial charge on any atom is 0.0837 e. The largest absolute Gasteiger partial charge is 0.383 e. The molecule has 0 fully saturated rings. The first-order chi connectivity index (χ1) is 9.35. The summed E-state index contributed by atoms with van der Waals surface area (Å²) in [7, 11) is 1.72. The van der Waals surface area contributed by atoms with Gasteiger partial charge < -0.3 is 14.6 Å². The van der Waals surface area contributed by atoms with Crippen molar-refractivity contribution in [2.75, 3.05) is 20.3 Å². The number of methoxy groups -OCH3 is 1. The molecule has 2 rings (SSSR count). The third kappa shape index (κ3) is 3.60. The Hall–Kier alpha value is -1.76. The van der Waals surface area contributed by atoms with Crippen LogP contribution in [0.5, 0.6) is 0 Å². The van der Waals surface area contributed by atoms with E-state index < -0.39 is 0 Å². The zero-order valence-electron chi connectivity index (χ0n) is 11.6. The van der Waals surface area contributed by atoms with Crippen LogP contribution in [0.3, 0.4) is 0 Å². The Morgan fingerprint density at radius 3 is 3.00 bits per heavy atom. The summed E-state index contributed by atoms with van der Waals surface area (Å²) in [6.07, 6.45) is 2.09. The van der Waals surface area contributed by atoms with Gasteiger partial charge in [-0.15, -0.1) is 5.92 Å². The summed E-state index contributed by atoms with van der Waals surface area (Å²) in [4.78, 5) is 0. The van der Waals surface area contributed by atoms with Gasteiger partial charge in [-0.25, -0.2) is 0 Å². The van der Waals surface area contributed by atoms with Crippen LogP contribution in [0.4, 0.5) is 0 Å². The highest BCUT2D eigenvalue weighted by molar-refractivity contribution is 5.80. The maximum atomic E-state index is 5.02. The van der Waals surface area contributed by atoms with E-state index >= 15 is 0 Å². The first-order valence-corrected chi connectivity index (χ1v) is 6.52. The van der Waals surface area contributed by atoms with Crippen LogP contribution in [0.15, 0.2) is 30.5 Å². The summed E-state index contributed by atoms with van der Waals surface area (Å²) >= 11 is 0. The Labute approximate surface area is 114 Å². The molecule has 2 aromatic rings. The fourth-order valence-electron chi connectivity index (χ4n) is 2.05. The Morgan fingerprint density at radius 2 is 2.21 bits per heavy atom. The zero-order chi connectivity index (χ0) is 13.5. The molecule has 100 valence electrons. The number of benzene rings is 1. The van der Waals surface area contributed by atoms with Gasteiger partial charge in [0.25, 0.3) is 0 Å². The monoisotopic (exact) mass is 256 g/mol. The van der Waals surface area contributed by atoms with Gasteiger partial charge in [-0.1, -0.05) is 18.1 Å². The van der Waals surface area contributed by atoms with E-state index in [0.29, 0.717) is 0 Å². The minimum atomic E-state index is 0.741. The van der Waals surface area contributed by atoms with E-state index in [1.807, 2.05) is 6.92 Å². The van der Waals surface area contributed by atoms with E-state index in [-0.39, 0.29) is 0 Å². The quantitative estimate of drug-likeness (QED) is 0.634. The standard InChI is InChI=1S/C16H20N2O/c1-3-4-9-18-10-7-15-6-5-14(12-16(15)18)13-17-8-11-19-2/h5-7,10,12,17H,8-9,11,13H2,1-2H3. The van der Waals surface area contributed by atoms with E-state index in [1.54, 1.807) is 7.11 Å². The molecule has 0 aliphatic rings. The first kappa shape index (κ1) is 13.7. The predicted octanol–water partition coefficient (Wildman–Crippen LogP) is 2.40. The average Bonchev–Trinajstić information content (AvgIpc) is 2.84. The Kier molecular flexibility index (Phi) is 5.02. The van der Waals surface area contributed by atoms with Crippen molar-refractivity contribution in [3.63, 3.8) is 0 Å². The van der Waals surface area contributed by atoms with Crippen LogP contribution < -0.4 is 5.32 Å². The lowest BCUT2D eigenvalue weighted by Gasteiger charge is -2.06. The van der Waals surface area contributed by atoms with Crippen LogP contribution in [0.2, 0.25) is 0 Å². The first-order valence-electron chi connectivity index (χ1n) is 6.52. The zero-order valence-corrected chi connectivity index (χ0v) is 11.6. The number of rotatable bonds is 6. The van der Waals surface area contributed by atoms with E-state index in [1.165, 1.54) is 16.5 Å². The van der Waals surface area contributed by atoms with Crippen LogP contribution in [0.1, 0.15) is 12.5 Å². The van der Waals surface area contributed by atoms with Crippen molar-refractivity contribution in [3.8, 4) is 11.8 Å². The lowest BCUT2D eigenvalue weighted by Crippen LogP contribution is -2.18. The molecule has 1 aromatic carbocycles. The van der Waals surface area contributed by atoms with Gasteiger partial charge in [-0.3, -0.25) is 0 Å². The van der Waals surface area contributed by atoms with Crippen LogP contribution in [-0.4, -0.2) is 24.8 Å². The summed E-state index contributed by atoms with van der Waals surface area (Å²) in [5.74, 6) is 6.04. The van der Waals surface area contributed by atoms with Crippen molar-refractivity contribution in [2.24, 2.45) is 0 Å². The van der Waals surface area contributed by atoms with Gasteiger partial charge in [0, 0.05) is 31.9 Å².